The first-order valence-corrected chi connectivity index (χ1v) is 6.69. The molecule has 0 bridgehead atoms. The maximum Gasteiger partial charge on any atom is 0.254 e. The lowest BCUT2D eigenvalue weighted by Crippen LogP contribution is -2.50. The van der Waals surface area contributed by atoms with Gasteiger partial charge < -0.3 is 16.4 Å². The molecule has 0 aliphatic carbocycles. The summed E-state index contributed by atoms with van der Waals surface area (Å²) in [4.78, 5) is 23.6. The number of benzene rings is 1. The van der Waals surface area contributed by atoms with E-state index in [-0.39, 0.29) is 18.0 Å². The monoisotopic (exact) mass is 289 g/mol. The van der Waals surface area contributed by atoms with E-state index in [0.717, 1.165) is 6.42 Å². The molecule has 1 aliphatic heterocycles. The second kappa shape index (κ2) is 6.86. The fourth-order valence-corrected chi connectivity index (χ4v) is 2.08. The van der Waals surface area contributed by atoms with E-state index in [1.165, 1.54) is 12.1 Å². The van der Waals surface area contributed by atoms with Crippen molar-refractivity contribution in [2.75, 3.05) is 13.1 Å². The van der Waals surface area contributed by atoms with Crippen LogP contribution < -0.4 is 16.4 Å². The summed E-state index contributed by atoms with van der Waals surface area (Å²) in [6.45, 7) is 0.786. The zero-order valence-electron chi connectivity index (χ0n) is 11.4. The summed E-state index contributed by atoms with van der Waals surface area (Å²) in [7, 11) is 0. The maximum absolute atomic E-state index is 13.9. The van der Waals surface area contributed by atoms with E-state index in [2.05, 4.69) is 22.5 Å². The van der Waals surface area contributed by atoms with Crippen LogP contribution in [0.25, 0.3) is 0 Å². The summed E-state index contributed by atoms with van der Waals surface area (Å²) in [6.07, 6.45) is 1.34. The van der Waals surface area contributed by atoms with Crippen LogP contribution in [0.3, 0.4) is 0 Å². The fraction of sp³-hybridized carbons (Fsp3) is 0.333. The van der Waals surface area contributed by atoms with Gasteiger partial charge in [0.05, 0.1) is 12.1 Å². The van der Waals surface area contributed by atoms with Gasteiger partial charge in [0.2, 0.25) is 5.91 Å². The van der Waals surface area contributed by atoms with Crippen molar-refractivity contribution in [3.63, 3.8) is 0 Å². The van der Waals surface area contributed by atoms with Gasteiger partial charge in [-0.15, -0.1) is 0 Å². The van der Waals surface area contributed by atoms with Crippen LogP contribution in [0.2, 0.25) is 0 Å². The van der Waals surface area contributed by atoms with Crippen molar-refractivity contribution in [1.29, 1.82) is 0 Å². The van der Waals surface area contributed by atoms with Gasteiger partial charge in [0, 0.05) is 12.1 Å². The van der Waals surface area contributed by atoms with E-state index < -0.39 is 17.8 Å². The Balaban J connectivity index is 2.10. The van der Waals surface area contributed by atoms with E-state index in [1.54, 1.807) is 6.07 Å². The van der Waals surface area contributed by atoms with E-state index >= 15 is 0 Å². The lowest BCUT2D eigenvalue weighted by molar-refractivity contribution is -0.124. The molecule has 0 aromatic heterocycles. The highest BCUT2D eigenvalue weighted by molar-refractivity contribution is 5.98. The van der Waals surface area contributed by atoms with E-state index in [4.69, 9.17) is 5.73 Å². The molecule has 1 aliphatic rings. The van der Waals surface area contributed by atoms with E-state index in [1.807, 2.05) is 0 Å². The lowest BCUT2D eigenvalue weighted by atomic mass is 10.1. The molecule has 2 rings (SSSR count). The molecule has 1 unspecified atom stereocenters. The van der Waals surface area contributed by atoms with Crippen LogP contribution in [0.15, 0.2) is 18.2 Å². The molecule has 6 heteroatoms. The van der Waals surface area contributed by atoms with Crippen molar-refractivity contribution in [2.45, 2.75) is 18.9 Å². The molecular formula is C15H16FN3O2. The largest absolute Gasteiger partial charge is 0.354 e. The van der Waals surface area contributed by atoms with Crippen molar-refractivity contribution in [3.8, 4) is 11.8 Å². The minimum atomic E-state index is -0.674. The summed E-state index contributed by atoms with van der Waals surface area (Å²) < 4.78 is 13.9. The third-order valence-electron chi connectivity index (χ3n) is 3.14. The van der Waals surface area contributed by atoms with Crippen molar-refractivity contribution in [1.82, 2.24) is 10.6 Å². The number of piperidine rings is 1. The number of carbonyl (C=O) groups is 2. The van der Waals surface area contributed by atoms with Crippen molar-refractivity contribution >= 4 is 11.8 Å². The molecule has 1 heterocycles. The lowest BCUT2D eigenvalue weighted by Gasteiger charge is -2.22. The van der Waals surface area contributed by atoms with Gasteiger partial charge in [0.1, 0.15) is 11.9 Å². The number of nitrogens with one attached hydrogen (secondary N) is 2. The number of carbonyl (C=O) groups excluding carboxylic acids is 2. The first-order valence-electron chi connectivity index (χ1n) is 6.69. The highest BCUT2D eigenvalue weighted by Gasteiger charge is 2.25. The molecule has 4 N–H and O–H groups in total. The Labute approximate surface area is 122 Å². The van der Waals surface area contributed by atoms with E-state index in [9.17, 15) is 14.0 Å². The summed E-state index contributed by atoms with van der Waals surface area (Å²) in [5, 5.41) is 5.20. The van der Waals surface area contributed by atoms with Crippen LogP contribution in [0, 0.1) is 17.7 Å². The molecule has 5 nitrogen and oxygen atoms in total. The van der Waals surface area contributed by atoms with Crippen LogP contribution in [-0.4, -0.2) is 30.9 Å². The molecular weight excluding hydrogens is 273 g/mol. The average molecular weight is 289 g/mol. The van der Waals surface area contributed by atoms with Crippen LogP contribution in [0.4, 0.5) is 4.39 Å². The molecule has 21 heavy (non-hydrogen) atoms. The third kappa shape index (κ3) is 3.80. The predicted octanol–water partition coefficient (Wildman–Crippen LogP) is 0.144. The first kappa shape index (κ1) is 15.0. The number of hydrogen-bond donors (Lipinski definition) is 3. The molecule has 0 saturated carbocycles. The quantitative estimate of drug-likeness (QED) is 0.677. The topological polar surface area (TPSA) is 84.2 Å². The molecule has 2 amide bonds. The summed E-state index contributed by atoms with van der Waals surface area (Å²) in [6, 6.07) is 3.47. The number of hydrogen-bond acceptors (Lipinski definition) is 3. The molecule has 110 valence electrons. The van der Waals surface area contributed by atoms with Gasteiger partial charge in [-0.05, 0) is 31.0 Å². The number of halogens is 1. The van der Waals surface area contributed by atoms with Crippen molar-refractivity contribution in [2.24, 2.45) is 5.73 Å². The number of amides is 2. The van der Waals surface area contributed by atoms with Crippen LogP contribution in [-0.2, 0) is 4.79 Å². The number of rotatable bonds is 2. The van der Waals surface area contributed by atoms with Gasteiger partial charge >= 0.3 is 0 Å². The Morgan fingerprint density at radius 3 is 3.00 bits per heavy atom. The minimum absolute atomic E-state index is 0.105. The third-order valence-corrected chi connectivity index (χ3v) is 3.14. The van der Waals surface area contributed by atoms with E-state index in [0.29, 0.717) is 18.5 Å². The molecule has 0 radical (unpaired) electrons. The molecule has 1 saturated heterocycles. The Morgan fingerprint density at radius 2 is 2.33 bits per heavy atom. The van der Waals surface area contributed by atoms with Crippen LogP contribution in [0.5, 0.6) is 0 Å². The van der Waals surface area contributed by atoms with Gasteiger partial charge in [-0.2, -0.15) is 0 Å². The minimum Gasteiger partial charge on any atom is -0.354 e. The second-order valence-electron chi connectivity index (χ2n) is 4.66. The van der Waals surface area contributed by atoms with Crippen LogP contribution in [0.1, 0.15) is 28.8 Å². The Bertz CT molecular complexity index is 619. The molecule has 1 aromatic rings. The molecule has 1 aromatic carbocycles. The Morgan fingerprint density at radius 1 is 1.52 bits per heavy atom. The summed E-state index contributed by atoms with van der Waals surface area (Å²) in [5.74, 6) is 3.79. The summed E-state index contributed by atoms with van der Waals surface area (Å²) in [5.41, 5.74) is 5.58. The predicted molar refractivity (Wildman–Crippen MR) is 75.8 cm³/mol. The van der Waals surface area contributed by atoms with Crippen molar-refractivity contribution < 1.29 is 14.0 Å². The van der Waals surface area contributed by atoms with Gasteiger partial charge in [-0.25, -0.2) is 4.39 Å². The highest BCUT2D eigenvalue weighted by atomic mass is 19.1. The van der Waals surface area contributed by atoms with Crippen molar-refractivity contribution in [3.05, 3.63) is 35.1 Å². The Kier molecular flexibility index (Phi) is 4.90. The average Bonchev–Trinajstić information content (AvgIpc) is 2.47. The van der Waals surface area contributed by atoms with Gasteiger partial charge in [0.25, 0.3) is 5.91 Å². The fourth-order valence-electron chi connectivity index (χ4n) is 2.08. The summed E-state index contributed by atoms with van der Waals surface area (Å²) >= 11 is 0. The zero-order valence-corrected chi connectivity index (χ0v) is 11.4. The second-order valence-corrected chi connectivity index (χ2v) is 4.66. The smallest absolute Gasteiger partial charge is 0.254 e. The highest BCUT2D eigenvalue weighted by Crippen LogP contribution is 2.11. The normalized spacial score (nSPS) is 17.4. The van der Waals surface area contributed by atoms with Crippen LogP contribution >= 0.6 is 0 Å². The SMILES string of the molecule is NCC#Cc1ccc(C(=O)NC2CCCNC2=O)c(F)c1. The molecule has 0 spiro atoms. The maximum atomic E-state index is 13.9. The molecule has 1 atom stereocenters. The zero-order chi connectivity index (χ0) is 15.2. The van der Waals surface area contributed by atoms with Gasteiger partial charge in [-0.1, -0.05) is 11.8 Å². The molecule has 1 fully saturated rings. The first-order chi connectivity index (χ1) is 10.1. The van der Waals surface area contributed by atoms with Gasteiger partial charge in [-0.3, -0.25) is 9.59 Å². The van der Waals surface area contributed by atoms with Gasteiger partial charge in [0.15, 0.2) is 0 Å². The Hall–Kier alpha value is -2.39. The number of nitrogens with two attached hydrogens (primary N) is 1. The standard InChI is InChI=1S/C15H16FN3O2/c16-12-9-10(3-1-7-17)5-6-11(12)14(20)19-13-4-2-8-18-15(13)21/h5-6,9,13H,2,4,7-8,17H2,(H,18,21)(H,19,20).